The fourth-order valence-electron chi connectivity index (χ4n) is 3.75. The molecular formula is C17H24BrClN2. The van der Waals surface area contributed by atoms with Crippen LogP contribution < -0.4 is 4.90 Å². The number of hydrogen-bond acceptors (Lipinski definition) is 2. The third-order valence-corrected chi connectivity index (χ3v) is 6.09. The summed E-state index contributed by atoms with van der Waals surface area (Å²) in [6.07, 6.45) is 5.26. The van der Waals surface area contributed by atoms with Gasteiger partial charge in [0.05, 0.1) is 5.69 Å². The van der Waals surface area contributed by atoms with Gasteiger partial charge in [0.2, 0.25) is 0 Å². The van der Waals surface area contributed by atoms with Crippen LogP contribution in [0.15, 0.2) is 16.6 Å². The molecule has 2 heterocycles. The number of rotatable bonds is 2. The monoisotopic (exact) mass is 370 g/mol. The van der Waals surface area contributed by atoms with Crippen LogP contribution in [0.5, 0.6) is 0 Å². The van der Waals surface area contributed by atoms with E-state index in [1.807, 2.05) is 0 Å². The number of hydrogen-bond donors (Lipinski definition) is 0. The minimum Gasteiger partial charge on any atom is -0.365 e. The number of nitrogens with zero attached hydrogens (tertiary/aromatic N) is 2. The number of fused-ring (bicyclic) bond motifs is 1. The van der Waals surface area contributed by atoms with Crippen molar-refractivity contribution in [3.05, 3.63) is 27.2 Å². The molecule has 0 N–H and O–H groups in total. The highest BCUT2D eigenvalue weighted by Crippen LogP contribution is 2.36. The van der Waals surface area contributed by atoms with Crippen LogP contribution in [-0.2, 0) is 0 Å². The minimum absolute atomic E-state index is 0.592. The smallest absolute Gasteiger partial charge is 0.0529 e. The molecule has 2 atom stereocenters. The van der Waals surface area contributed by atoms with Crippen LogP contribution in [0.25, 0.3) is 0 Å². The molecule has 1 aromatic rings. The molecule has 0 saturated carbocycles. The molecule has 2 nitrogen and oxygen atoms in total. The Morgan fingerprint density at radius 3 is 2.86 bits per heavy atom. The Morgan fingerprint density at radius 1 is 1.29 bits per heavy atom. The Hall–Kier alpha value is -0.250. The quantitative estimate of drug-likeness (QED) is 0.732. The summed E-state index contributed by atoms with van der Waals surface area (Å²) in [6.45, 7) is 7.97. The van der Waals surface area contributed by atoms with Gasteiger partial charge in [-0.25, -0.2) is 0 Å². The predicted molar refractivity (Wildman–Crippen MR) is 94.5 cm³/mol. The SMILES string of the molecule is CCC1CN2CCCCC2CN1c1cc(Cl)c(C)cc1Br. The van der Waals surface area contributed by atoms with Gasteiger partial charge in [0.1, 0.15) is 0 Å². The van der Waals surface area contributed by atoms with Crippen LogP contribution >= 0.6 is 27.5 Å². The first-order chi connectivity index (χ1) is 10.1. The van der Waals surface area contributed by atoms with Crippen LogP contribution in [0.1, 0.15) is 38.2 Å². The van der Waals surface area contributed by atoms with Gasteiger partial charge in [-0.15, -0.1) is 0 Å². The van der Waals surface area contributed by atoms with E-state index < -0.39 is 0 Å². The van der Waals surface area contributed by atoms with Gasteiger partial charge in [-0.1, -0.05) is 24.9 Å². The summed E-state index contributed by atoms with van der Waals surface area (Å²) in [6, 6.07) is 5.60. The summed E-state index contributed by atoms with van der Waals surface area (Å²) in [7, 11) is 0. The van der Waals surface area contributed by atoms with Crippen molar-refractivity contribution >= 4 is 33.2 Å². The van der Waals surface area contributed by atoms with Crippen molar-refractivity contribution in [1.82, 2.24) is 4.90 Å². The lowest BCUT2D eigenvalue weighted by molar-refractivity contribution is 0.111. The summed E-state index contributed by atoms with van der Waals surface area (Å²) in [4.78, 5) is 5.29. The van der Waals surface area contributed by atoms with E-state index in [0.29, 0.717) is 12.1 Å². The van der Waals surface area contributed by atoms with Gasteiger partial charge in [0.15, 0.2) is 0 Å². The summed E-state index contributed by atoms with van der Waals surface area (Å²) in [5, 5.41) is 0.870. The molecule has 1 aromatic carbocycles. The van der Waals surface area contributed by atoms with Crippen LogP contribution in [0, 0.1) is 6.92 Å². The van der Waals surface area contributed by atoms with E-state index in [1.165, 1.54) is 48.9 Å². The normalized spacial score (nSPS) is 26.8. The van der Waals surface area contributed by atoms with E-state index >= 15 is 0 Å². The van der Waals surface area contributed by atoms with Gasteiger partial charge >= 0.3 is 0 Å². The second kappa shape index (κ2) is 6.47. The fraction of sp³-hybridized carbons (Fsp3) is 0.647. The third kappa shape index (κ3) is 3.11. The number of benzene rings is 1. The number of piperidine rings is 1. The first-order valence-electron chi connectivity index (χ1n) is 8.06. The van der Waals surface area contributed by atoms with Crippen LogP contribution in [0.4, 0.5) is 5.69 Å². The number of anilines is 1. The lowest BCUT2D eigenvalue weighted by Gasteiger charge is -2.49. The van der Waals surface area contributed by atoms with Crippen molar-refractivity contribution in [3.8, 4) is 0 Å². The molecule has 0 aliphatic carbocycles. The lowest BCUT2D eigenvalue weighted by Crippen LogP contribution is -2.59. The zero-order valence-corrected chi connectivity index (χ0v) is 15.3. The molecule has 116 valence electrons. The van der Waals surface area contributed by atoms with Crippen LogP contribution in [-0.4, -0.2) is 36.6 Å². The number of aryl methyl sites for hydroxylation is 1. The van der Waals surface area contributed by atoms with Gasteiger partial charge in [0.25, 0.3) is 0 Å². The van der Waals surface area contributed by atoms with Crippen molar-refractivity contribution < 1.29 is 0 Å². The van der Waals surface area contributed by atoms with E-state index in [0.717, 1.165) is 17.1 Å². The Labute approximate surface area is 141 Å². The third-order valence-electron chi connectivity index (χ3n) is 5.05. The molecular weight excluding hydrogens is 348 g/mol. The molecule has 0 radical (unpaired) electrons. The van der Waals surface area contributed by atoms with E-state index in [-0.39, 0.29) is 0 Å². The molecule has 0 aromatic heterocycles. The highest BCUT2D eigenvalue weighted by atomic mass is 79.9. The summed E-state index contributed by atoms with van der Waals surface area (Å²) < 4.78 is 1.17. The molecule has 4 heteroatoms. The molecule has 2 unspecified atom stereocenters. The molecule has 2 aliphatic heterocycles. The largest absolute Gasteiger partial charge is 0.365 e. The summed E-state index contributed by atoms with van der Waals surface area (Å²) in [5.41, 5.74) is 2.40. The van der Waals surface area contributed by atoms with Crippen molar-refractivity contribution in [2.45, 2.75) is 51.6 Å². The van der Waals surface area contributed by atoms with E-state index in [4.69, 9.17) is 11.6 Å². The zero-order chi connectivity index (χ0) is 15.0. The van der Waals surface area contributed by atoms with Crippen molar-refractivity contribution in [2.75, 3.05) is 24.5 Å². The Bertz CT molecular complexity index is 520. The van der Waals surface area contributed by atoms with Gasteiger partial charge in [-0.05, 0) is 66.4 Å². The van der Waals surface area contributed by atoms with Gasteiger partial charge < -0.3 is 4.90 Å². The summed E-state index contributed by atoms with van der Waals surface area (Å²) in [5.74, 6) is 0. The molecule has 21 heavy (non-hydrogen) atoms. The maximum Gasteiger partial charge on any atom is 0.0529 e. The molecule has 0 bridgehead atoms. The zero-order valence-electron chi connectivity index (χ0n) is 12.9. The Balaban J connectivity index is 1.90. The maximum atomic E-state index is 6.38. The van der Waals surface area contributed by atoms with Crippen molar-refractivity contribution in [2.24, 2.45) is 0 Å². The van der Waals surface area contributed by atoms with E-state index in [2.05, 4.69) is 51.7 Å². The Morgan fingerprint density at radius 2 is 2.10 bits per heavy atom. The fourth-order valence-corrected chi connectivity index (χ4v) is 4.60. The highest BCUT2D eigenvalue weighted by Gasteiger charge is 2.34. The van der Waals surface area contributed by atoms with Gasteiger partial charge in [0, 0.05) is 34.7 Å². The number of halogens is 2. The Kier molecular flexibility index (Phi) is 4.82. The van der Waals surface area contributed by atoms with Crippen LogP contribution in [0.2, 0.25) is 5.02 Å². The standard InChI is InChI=1S/C17H24BrClN2/c1-3-13-10-20-7-5-4-6-14(20)11-21(13)17-9-16(19)12(2)8-15(17)18/h8-9,13-14H,3-7,10-11H2,1-2H3. The first-order valence-corrected chi connectivity index (χ1v) is 9.23. The van der Waals surface area contributed by atoms with Gasteiger partial charge in [-0.2, -0.15) is 0 Å². The molecule has 3 rings (SSSR count). The topological polar surface area (TPSA) is 6.48 Å². The molecule has 2 fully saturated rings. The summed E-state index contributed by atoms with van der Waals surface area (Å²) >= 11 is 10.1. The van der Waals surface area contributed by atoms with Crippen LogP contribution in [0.3, 0.4) is 0 Å². The maximum absolute atomic E-state index is 6.38. The average molecular weight is 372 g/mol. The minimum atomic E-state index is 0.592. The predicted octanol–water partition coefficient (Wildman–Crippen LogP) is 4.86. The number of piperazine rings is 1. The molecule has 0 amide bonds. The highest BCUT2D eigenvalue weighted by molar-refractivity contribution is 9.10. The average Bonchev–Trinajstić information content (AvgIpc) is 2.49. The molecule has 2 aliphatic rings. The van der Waals surface area contributed by atoms with E-state index in [9.17, 15) is 0 Å². The second-order valence-electron chi connectivity index (χ2n) is 6.41. The molecule has 2 saturated heterocycles. The molecule has 0 spiro atoms. The van der Waals surface area contributed by atoms with Gasteiger partial charge in [-0.3, -0.25) is 4.90 Å². The first kappa shape index (κ1) is 15.6. The van der Waals surface area contributed by atoms with Crippen molar-refractivity contribution in [1.29, 1.82) is 0 Å². The second-order valence-corrected chi connectivity index (χ2v) is 7.67. The van der Waals surface area contributed by atoms with Crippen molar-refractivity contribution in [3.63, 3.8) is 0 Å². The lowest BCUT2D eigenvalue weighted by atomic mass is 9.95. The van der Waals surface area contributed by atoms with E-state index in [1.54, 1.807) is 0 Å².